The van der Waals surface area contributed by atoms with Crippen LogP contribution in [0.4, 0.5) is 10.5 Å². The lowest BCUT2D eigenvalue weighted by atomic mass is 10.1. The van der Waals surface area contributed by atoms with Gasteiger partial charge in [0.05, 0.1) is 6.42 Å². The van der Waals surface area contributed by atoms with E-state index in [0.717, 1.165) is 12.0 Å². The number of urea groups is 1. The van der Waals surface area contributed by atoms with Crippen molar-refractivity contribution in [1.82, 2.24) is 25.0 Å². The van der Waals surface area contributed by atoms with Gasteiger partial charge in [0.1, 0.15) is 12.7 Å². The Morgan fingerprint density at radius 1 is 1.25 bits per heavy atom. The molecule has 0 aliphatic heterocycles. The number of likely N-dealkylation sites (N-methyl/N-ethyl adjacent to an activating group) is 1. The number of hydrogen-bond donors (Lipinski definition) is 2. The number of benzene rings is 1. The number of hydrogen-bond acceptors (Lipinski definition) is 4. The first-order valence-corrected chi connectivity index (χ1v) is 7.71. The lowest BCUT2D eigenvalue weighted by Gasteiger charge is -2.14. The Bertz CT molecular complexity index is 669. The number of aromatic nitrogens is 3. The van der Waals surface area contributed by atoms with Crippen molar-refractivity contribution in [1.29, 1.82) is 0 Å². The van der Waals surface area contributed by atoms with Crippen molar-refractivity contribution in [3.63, 3.8) is 0 Å². The molecule has 8 heteroatoms. The molecule has 0 fully saturated rings. The van der Waals surface area contributed by atoms with Crippen molar-refractivity contribution in [2.45, 2.75) is 19.4 Å². The molecule has 0 spiro atoms. The molecular formula is C16H22N6O2. The summed E-state index contributed by atoms with van der Waals surface area (Å²) >= 11 is 0. The van der Waals surface area contributed by atoms with Crippen molar-refractivity contribution >= 4 is 17.6 Å². The molecule has 0 aliphatic carbocycles. The summed E-state index contributed by atoms with van der Waals surface area (Å²) in [6.45, 7) is 1.21. The quantitative estimate of drug-likeness (QED) is 0.744. The van der Waals surface area contributed by atoms with E-state index < -0.39 is 0 Å². The number of nitrogens with zero attached hydrogens (tertiary/aromatic N) is 4. The Kier molecular flexibility index (Phi) is 6.30. The minimum atomic E-state index is -0.293. The zero-order valence-corrected chi connectivity index (χ0v) is 13.9. The Hall–Kier alpha value is -2.90. The average molecular weight is 330 g/mol. The van der Waals surface area contributed by atoms with Gasteiger partial charge in [-0.2, -0.15) is 5.10 Å². The van der Waals surface area contributed by atoms with Crippen LogP contribution >= 0.6 is 0 Å². The molecule has 128 valence electrons. The number of para-hydroxylation sites is 1. The molecule has 0 aliphatic rings. The van der Waals surface area contributed by atoms with Gasteiger partial charge in [-0.15, -0.1) is 0 Å². The van der Waals surface area contributed by atoms with Crippen LogP contribution in [-0.4, -0.2) is 52.2 Å². The summed E-state index contributed by atoms with van der Waals surface area (Å²) in [6, 6.07) is 7.00. The number of aryl methyl sites for hydroxylation is 1. The van der Waals surface area contributed by atoms with Crippen LogP contribution in [0.2, 0.25) is 0 Å². The standard InChI is InChI=1S/C16H22N6O2/c1-21(2)15(23)10-13-6-3-4-7-14(13)20-16(24)18-8-5-9-22-12-17-11-19-22/h3-4,6-7,11-12H,5,8-10H2,1-2H3,(H2,18,20,24). The number of amides is 3. The van der Waals surface area contributed by atoms with Crippen LogP contribution in [0.1, 0.15) is 12.0 Å². The van der Waals surface area contributed by atoms with Gasteiger partial charge in [-0.25, -0.2) is 9.78 Å². The Morgan fingerprint density at radius 3 is 2.75 bits per heavy atom. The molecule has 0 atom stereocenters. The highest BCUT2D eigenvalue weighted by Crippen LogP contribution is 2.16. The van der Waals surface area contributed by atoms with E-state index in [0.29, 0.717) is 18.8 Å². The molecule has 1 aromatic heterocycles. The second-order valence-electron chi connectivity index (χ2n) is 5.52. The number of nitrogens with one attached hydrogen (secondary N) is 2. The third-order valence-electron chi connectivity index (χ3n) is 3.42. The molecule has 0 saturated carbocycles. The van der Waals surface area contributed by atoms with Crippen molar-refractivity contribution < 1.29 is 9.59 Å². The average Bonchev–Trinajstić information content (AvgIpc) is 3.06. The van der Waals surface area contributed by atoms with Crippen LogP contribution in [0.25, 0.3) is 0 Å². The summed E-state index contributed by atoms with van der Waals surface area (Å²) in [4.78, 5) is 29.2. The maximum Gasteiger partial charge on any atom is 0.319 e. The first-order chi connectivity index (χ1) is 11.6. The molecule has 1 heterocycles. The lowest BCUT2D eigenvalue weighted by Crippen LogP contribution is -2.31. The second kappa shape index (κ2) is 8.66. The van der Waals surface area contributed by atoms with Crippen molar-refractivity contribution in [3.8, 4) is 0 Å². The van der Waals surface area contributed by atoms with E-state index in [1.165, 1.54) is 11.2 Å². The zero-order valence-electron chi connectivity index (χ0n) is 13.9. The van der Waals surface area contributed by atoms with E-state index in [4.69, 9.17) is 0 Å². The first kappa shape index (κ1) is 17.5. The Morgan fingerprint density at radius 2 is 2.04 bits per heavy atom. The molecule has 2 N–H and O–H groups in total. The summed E-state index contributed by atoms with van der Waals surface area (Å²) in [7, 11) is 3.42. The molecule has 24 heavy (non-hydrogen) atoms. The summed E-state index contributed by atoms with van der Waals surface area (Å²) < 4.78 is 1.71. The van der Waals surface area contributed by atoms with Gasteiger partial charge in [0.25, 0.3) is 0 Å². The van der Waals surface area contributed by atoms with Crippen LogP contribution in [0.15, 0.2) is 36.9 Å². The maximum atomic E-state index is 12.0. The molecule has 0 radical (unpaired) electrons. The highest BCUT2D eigenvalue weighted by Gasteiger charge is 2.11. The third-order valence-corrected chi connectivity index (χ3v) is 3.42. The molecule has 0 bridgehead atoms. The van der Waals surface area contributed by atoms with Gasteiger partial charge in [-0.3, -0.25) is 9.48 Å². The number of anilines is 1. The molecule has 0 unspecified atom stereocenters. The van der Waals surface area contributed by atoms with Crippen molar-refractivity contribution in [2.24, 2.45) is 0 Å². The fraction of sp³-hybridized carbons (Fsp3) is 0.375. The number of carbonyl (C=O) groups is 2. The van der Waals surface area contributed by atoms with Crippen LogP contribution in [-0.2, 0) is 17.8 Å². The summed E-state index contributed by atoms with van der Waals surface area (Å²) in [5, 5.41) is 9.58. The second-order valence-corrected chi connectivity index (χ2v) is 5.52. The summed E-state index contributed by atoms with van der Waals surface area (Å²) in [5.41, 5.74) is 1.43. The normalized spacial score (nSPS) is 10.2. The van der Waals surface area contributed by atoms with Gasteiger partial charge < -0.3 is 15.5 Å². The lowest BCUT2D eigenvalue weighted by molar-refractivity contribution is -0.127. The smallest absolute Gasteiger partial charge is 0.319 e. The molecule has 2 rings (SSSR count). The van der Waals surface area contributed by atoms with Gasteiger partial charge in [0, 0.05) is 32.9 Å². The minimum Gasteiger partial charge on any atom is -0.349 e. The largest absolute Gasteiger partial charge is 0.349 e. The van der Waals surface area contributed by atoms with Crippen LogP contribution < -0.4 is 10.6 Å². The van der Waals surface area contributed by atoms with Gasteiger partial charge in [0.2, 0.25) is 5.91 Å². The monoisotopic (exact) mass is 330 g/mol. The van der Waals surface area contributed by atoms with Crippen molar-refractivity contribution in [3.05, 3.63) is 42.5 Å². The predicted molar refractivity (Wildman–Crippen MR) is 90.5 cm³/mol. The summed E-state index contributed by atoms with van der Waals surface area (Å²) in [5.74, 6) is -0.0162. The first-order valence-electron chi connectivity index (χ1n) is 7.71. The molecule has 1 aromatic carbocycles. The van der Waals surface area contributed by atoms with Crippen molar-refractivity contribution in [2.75, 3.05) is 26.0 Å². The van der Waals surface area contributed by atoms with Gasteiger partial charge >= 0.3 is 6.03 Å². The van der Waals surface area contributed by atoms with Crippen LogP contribution in [0.3, 0.4) is 0 Å². The van der Waals surface area contributed by atoms with E-state index in [1.54, 1.807) is 31.2 Å². The molecule has 0 saturated heterocycles. The molecule has 8 nitrogen and oxygen atoms in total. The fourth-order valence-corrected chi connectivity index (χ4v) is 2.08. The van der Waals surface area contributed by atoms with Gasteiger partial charge in [0.15, 0.2) is 0 Å². The molecule has 2 aromatic rings. The van der Waals surface area contributed by atoms with Crippen LogP contribution in [0.5, 0.6) is 0 Å². The Labute approximate surface area is 140 Å². The van der Waals surface area contributed by atoms with E-state index in [-0.39, 0.29) is 18.4 Å². The highest BCUT2D eigenvalue weighted by molar-refractivity contribution is 5.91. The third kappa shape index (κ3) is 5.38. The SMILES string of the molecule is CN(C)C(=O)Cc1ccccc1NC(=O)NCCCn1cncn1. The van der Waals surface area contributed by atoms with E-state index in [1.807, 2.05) is 18.2 Å². The predicted octanol–water partition coefficient (Wildman–Crippen LogP) is 1.12. The summed E-state index contributed by atoms with van der Waals surface area (Å²) in [6.07, 6.45) is 4.11. The Balaban J connectivity index is 1.81. The van der Waals surface area contributed by atoms with Crippen LogP contribution in [0, 0.1) is 0 Å². The number of rotatable bonds is 7. The van der Waals surface area contributed by atoms with E-state index in [9.17, 15) is 9.59 Å². The number of carbonyl (C=O) groups excluding carboxylic acids is 2. The molecular weight excluding hydrogens is 308 g/mol. The molecule has 3 amide bonds. The minimum absolute atomic E-state index is 0.0162. The van der Waals surface area contributed by atoms with E-state index in [2.05, 4.69) is 20.7 Å². The van der Waals surface area contributed by atoms with Gasteiger partial charge in [-0.1, -0.05) is 18.2 Å². The zero-order chi connectivity index (χ0) is 17.4. The topological polar surface area (TPSA) is 92.2 Å². The fourth-order valence-electron chi connectivity index (χ4n) is 2.08. The van der Waals surface area contributed by atoms with E-state index >= 15 is 0 Å². The maximum absolute atomic E-state index is 12.0. The highest BCUT2D eigenvalue weighted by atomic mass is 16.2. The van der Waals surface area contributed by atoms with Gasteiger partial charge in [-0.05, 0) is 18.1 Å².